The van der Waals surface area contributed by atoms with Crippen LogP contribution in [0, 0.1) is 0 Å². The molecule has 0 fully saturated rings. The normalized spacial score (nSPS) is 9.47. The number of thioether (sulfide) groups is 1. The molecule has 3 N–H and O–H groups in total. The Bertz CT molecular complexity index is 168. The Morgan fingerprint density at radius 3 is 1.93 bits per heavy atom. The summed E-state index contributed by atoms with van der Waals surface area (Å²) in [6, 6.07) is -0.683. The van der Waals surface area contributed by atoms with E-state index in [0.29, 0.717) is 6.42 Å². The maximum Gasteiger partial charge on any atom is 1.00 e. The molecule has 0 aliphatic carbocycles. The summed E-state index contributed by atoms with van der Waals surface area (Å²) in [7, 11) is 0. The van der Waals surface area contributed by atoms with Gasteiger partial charge in [0.05, 0.1) is 0 Å². The summed E-state index contributed by atoms with van der Waals surface area (Å²) in [5.74, 6) is -0.1000. The van der Waals surface area contributed by atoms with Gasteiger partial charge in [0, 0.05) is 0 Å². The third-order valence-corrected chi connectivity index (χ3v) is 1.59. The van der Waals surface area contributed by atoms with Gasteiger partial charge in [-0.15, -0.1) is 0 Å². The second-order valence-electron chi connectivity index (χ2n) is 1.98. The topological polar surface area (TPSA) is 127 Å². The second kappa shape index (κ2) is 18.7. The zero-order chi connectivity index (χ0) is 10.9. The van der Waals surface area contributed by atoms with Crippen molar-refractivity contribution in [2.24, 2.45) is 5.73 Å². The quantitative estimate of drug-likeness (QED) is 0.492. The smallest absolute Gasteiger partial charge is 0.652 e. The van der Waals surface area contributed by atoms with Crippen molar-refractivity contribution in [1.82, 2.24) is 0 Å². The molecule has 9 heteroatoms. The minimum absolute atomic E-state index is 0. The van der Waals surface area contributed by atoms with Crippen molar-refractivity contribution >= 4 is 23.9 Å². The Hall–Kier alpha value is 2.32. The molecule has 0 bridgehead atoms. The number of carbonyl (C=O) groups is 2. The molecule has 0 radical (unpaired) electrons. The van der Waals surface area contributed by atoms with Crippen LogP contribution >= 0.6 is 11.8 Å². The zero-order valence-electron chi connectivity index (χ0n) is 9.06. The van der Waals surface area contributed by atoms with E-state index in [-0.39, 0.29) is 103 Å². The van der Waals surface area contributed by atoms with Crippen LogP contribution in [-0.4, -0.2) is 35.3 Å². The molecule has 15 heavy (non-hydrogen) atoms. The molecular weight excluding hydrogens is 276 g/mol. The summed E-state index contributed by atoms with van der Waals surface area (Å²) in [6.07, 6.45) is 0.144. The van der Waals surface area contributed by atoms with E-state index in [1.807, 2.05) is 6.26 Å². The Kier molecular flexibility index (Phi) is 32.4. The van der Waals surface area contributed by atoms with Gasteiger partial charge in [0.2, 0.25) is 0 Å². The number of hydrogen-bond acceptors (Lipinski definition) is 6. The summed E-state index contributed by atoms with van der Waals surface area (Å²) >= 11 is 1.60. The zero-order valence-corrected chi connectivity index (χ0v) is 16.1. The number of hydrogen-bond donors (Lipinski definition) is 2. The Balaban J connectivity index is -0.0000000883. The molecule has 0 aromatic carbocycles. The molecule has 0 heterocycles. The molecule has 0 saturated carbocycles. The van der Waals surface area contributed by atoms with Crippen molar-refractivity contribution in [1.29, 1.82) is 0 Å². The standard InChI is InChI=1S/C5H11NO2S.CH2O3.2K/c1-9-3-2-4(6)5(7)8;2-1(3)4;;/h4H,2-3,6H2,1H3,(H,7,8);(H2,2,3,4);;/q;;2*+1/p-2/t4-;;;/m0.../s1. The number of aliphatic carboxylic acids is 1. The first-order valence-electron chi connectivity index (χ1n) is 3.27. The largest absolute Gasteiger partial charge is 1.00 e. The van der Waals surface area contributed by atoms with E-state index in [1.54, 1.807) is 11.8 Å². The maximum absolute atomic E-state index is 10.1. The minimum Gasteiger partial charge on any atom is -0.652 e. The molecule has 0 spiro atoms. The summed E-state index contributed by atoms with van der Waals surface area (Å²) in [5.41, 5.74) is 5.19. The van der Waals surface area contributed by atoms with Crippen molar-refractivity contribution in [3.05, 3.63) is 0 Å². The van der Waals surface area contributed by atoms with E-state index >= 15 is 0 Å². The van der Waals surface area contributed by atoms with E-state index in [9.17, 15) is 4.79 Å². The second-order valence-corrected chi connectivity index (χ2v) is 2.96. The van der Waals surface area contributed by atoms with Crippen molar-refractivity contribution in [3.8, 4) is 0 Å². The van der Waals surface area contributed by atoms with Gasteiger partial charge in [-0.2, -0.15) is 11.8 Å². The summed E-state index contributed by atoms with van der Waals surface area (Å²) in [4.78, 5) is 18.4. The van der Waals surface area contributed by atoms with Crippen molar-refractivity contribution in [3.63, 3.8) is 0 Å². The Labute approximate surface area is 178 Å². The number of carbonyl (C=O) groups excluding carboxylic acids is 1. The van der Waals surface area contributed by atoms with Crippen molar-refractivity contribution < 1.29 is 128 Å². The first-order chi connectivity index (χ1) is 5.91. The third kappa shape index (κ3) is 31.4. The molecule has 0 unspecified atom stereocenters. The molecule has 1 atom stereocenters. The molecule has 0 saturated heterocycles. The van der Waals surface area contributed by atoms with E-state index in [2.05, 4.69) is 0 Å². The average molecular weight is 287 g/mol. The number of carboxylic acids is 1. The van der Waals surface area contributed by atoms with E-state index in [0.717, 1.165) is 5.75 Å². The Morgan fingerprint density at radius 1 is 1.40 bits per heavy atom. The van der Waals surface area contributed by atoms with Crippen LogP contribution in [0.1, 0.15) is 6.42 Å². The average Bonchev–Trinajstić information content (AvgIpc) is 1.98. The first-order valence-corrected chi connectivity index (χ1v) is 4.66. The molecule has 0 rings (SSSR count). The third-order valence-electron chi connectivity index (χ3n) is 0.950. The molecule has 0 amide bonds. The molecule has 0 aromatic rings. The summed E-state index contributed by atoms with van der Waals surface area (Å²) in [6.45, 7) is 0. The van der Waals surface area contributed by atoms with E-state index in [1.165, 1.54) is 0 Å². The van der Waals surface area contributed by atoms with Crippen LogP contribution in [0.5, 0.6) is 0 Å². The van der Waals surface area contributed by atoms with Crippen LogP contribution in [0.25, 0.3) is 0 Å². The monoisotopic (exact) mass is 287 g/mol. The van der Waals surface area contributed by atoms with Gasteiger partial charge in [0.15, 0.2) is 0 Å². The fraction of sp³-hybridized carbons (Fsp3) is 0.667. The number of carboxylic acid groups (broad SMARTS) is 3. The molecule has 0 aliphatic rings. The molecular formula is C6H11K2NO5S. The van der Waals surface area contributed by atoms with Crippen molar-refractivity contribution in [2.75, 3.05) is 12.0 Å². The van der Waals surface area contributed by atoms with Crippen LogP contribution in [0.4, 0.5) is 4.79 Å². The van der Waals surface area contributed by atoms with Crippen LogP contribution in [0.2, 0.25) is 0 Å². The first kappa shape index (κ1) is 26.0. The fourth-order valence-corrected chi connectivity index (χ4v) is 0.858. The van der Waals surface area contributed by atoms with Gasteiger partial charge in [-0.05, 0) is 24.6 Å². The minimum atomic E-state index is -2.33. The molecule has 78 valence electrons. The molecule has 6 nitrogen and oxygen atoms in total. The van der Waals surface area contributed by atoms with Crippen LogP contribution in [0.15, 0.2) is 0 Å². The van der Waals surface area contributed by atoms with Gasteiger partial charge in [-0.25, -0.2) is 0 Å². The van der Waals surface area contributed by atoms with Crippen LogP contribution in [0.3, 0.4) is 0 Å². The maximum atomic E-state index is 10.1. The molecule has 0 aromatic heterocycles. The van der Waals surface area contributed by atoms with Crippen LogP contribution < -0.4 is 119 Å². The van der Waals surface area contributed by atoms with Crippen molar-refractivity contribution in [2.45, 2.75) is 12.5 Å². The van der Waals surface area contributed by atoms with Gasteiger partial charge >= 0.3 is 109 Å². The van der Waals surface area contributed by atoms with Gasteiger partial charge in [-0.1, -0.05) is 0 Å². The summed E-state index contributed by atoms with van der Waals surface area (Å²) < 4.78 is 0. The van der Waals surface area contributed by atoms with Gasteiger partial charge < -0.3 is 25.8 Å². The predicted molar refractivity (Wildman–Crippen MR) is 44.0 cm³/mol. The van der Waals surface area contributed by atoms with Gasteiger partial charge in [0.25, 0.3) is 0 Å². The van der Waals surface area contributed by atoms with Crippen LogP contribution in [-0.2, 0) is 4.79 Å². The SMILES string of the molecule is CSCC[C@H](N)C(=O)O.O=C([O-])[O-].[K+].[K+]. The predicted octanol–water partition coefficient (Wildman–Crippen LogP) is -8.29. The van der Waals surface area contributed by atoms with E-state index in [4.69, 9.17) is 25.8 Å². The molecule has 0 aliphatic heterocycles. The fourth-order valence-electron chi connectivity index (χ4n) is 0.368. The van der Waals surface area contributed by atoms with E-state index < -0.39 is 18.2 Å². The number of rotatable bonds is 4. The Morgan fingerprint density at radius 2 is 1.73 bits per heavy atom. The van der Waals surface area contributed by atoms with Gasteiger partial charge in [-0.3, -0.25) is 4.79 Å². The number of nitrogens with two attached hydrogens (primary N) is 1. The summed E-state index contributed by atoms with van der Waals surface area (Å²) in [5, 5.41) is 24.9. The van der Waals surface area contributed by atoms with Gasteiger partial charge in [0.1, 0.15) is 6.04 Å².